The van der Waals surface area contributed by atoms with Crippen LogP contribution in [0.2, 0.25) is 0 Å². The van der Waals surface area contributed by atoms with Crippen LogP contribution in [0.3, 0.4) is 0 Å². The Bertz CT molecular complexity index is 541. The Labute approximate surface area is 130 Å². The Hall–Kier alpha value is -1.33. The normalized spacial score (nSPS) is 14.3. The van der Waals surface area contributed by atoms with Crippen LogP contribution < -0.4 is 5.32 Å². The van der Waals surface area contributed by atoms with Crippen molar-refractivity contribution in [2.24, 2.45) is 5.92 Å². The molecule has 0 saturated heterocycles. The highest BCUT2D eigenvalue weighted by Gasteiger charge is 2.24. The van der Waals surface area contributed by atoms with Crippen molar-refractivity contribution in [1.29, 1.82) is 0 Å². The van der Waals surface area contributed by atoms with Gasteiger partial charge in [-0.15, -0.1) is 11.8 Å². The van der Waals surface area contributed by atoms with Gasteiger partial charge in [-0.3, -0.25) is 0 Å². The summed E-state index contributed by atoms with van der Waals surface area (Å²) in [5, 5.41) is 7.48. The zero-order chi connectivity index (χ0) is 15.2. The van der Waals surface area contributed by atoms with Gasteiger partial charge in [0.05, 0.1) is 5.25 Å². The average Bonchev–Trinajstić information content (AvgIpc) is 2.93. The van der Waals surface area contributed by atoms with E-state index in [4.69, 9.17) is 4.52 Å². The van der Waals surface area contributed by atoms with Crippen LogP contribution >= 0.6 is 11.8 Å². The van der Waals surface area contributed by atoms with Crippen LogP contribution in [0.5, 0.6) is 0 Å². The van der Waals surface area contributed by atoms with Gasteiger partial charge in [-0.2, -0.15) is 4.98 Å². The number of hydrogen-bond donors (Lipinski definition) is 1. The molecule has 2 atom stereocenters. The molecule has 4 nitrogen and oxygen atoms in total. The number of aromatic nitrogens is 2. The number of nitrogens with zero attached hydrogens (tertiary/aromatic N) is 2. The van der Waals surface area contributed by atoms with Crippen LogP contribution in [0.4, 0.5) is 0 Å². The second kappa shape index (κ2) is 7.61. The van der Waals surface area contributed by atoms with Gasteiger partial charge in [-0.25, -0.2) is 0 Å². The number of benzene rings is 1. The Morgan fingerprint density at radius 1 is 1.19 bits per heavy atom. The molecule has 0 bridgehead atoms. The van der Waals surface area contributed by atoms with Gasteiger partial charge >= 0.3 is 0 Å². The molecule has 2 rings (SSSR count). The predicted molar refractivity (Wildman–Crippen MR) is 86.4 cm³/mol. The van der Waals surface area contributed by atoms with Crippen molar-refractivity contribution in [2.75, 3.05) is 7.05 Å². The smallest absolute Gasteiger partial charge is 0.240 e. The highest BCUT2D eigenvalue weighted by atomic mass is 32.2. The summed E-state index contributed by atoms with van der Waals surface area (Å²) in [6.07, 6.45) is 0.779. The Morgan fingerprint density at radius 3 is 2.52 bits per heavy atom. The molecular weight excluding hydrogens is 282 g/mol. The summed E-state index contributed by atoms with van der Waals surface area (Å²) in [6, 6.07) is 10.7. The fourth-order valence-electron chi connectivity index (χ4n) is 1.96. The van der Waals surface area contributed by atoms with Gasteiger partial charge in [0.15, 0.2) is 5.82 Å². The second-order valence-electron chi connectivity index (χ2n) is 5.54. The third-order valence-electron chi connectivity index (χ3n) is 3.32. The summed E-state index contributed by atoms with van der Waals surface area (Å²) in [5.41, 5.74) is 0. The molecule has 0 aliphatic carbocycles. The number of thioether (sulfide) groups is 1. The number of rotatable bonds is 7. The number of hydrogen-bond acceptors (Lipinski definition) is 5. The minimum atomic E-state index is 0.179. The van der Waals surface area contributed by atoms with Crippen LogP contribution in [0, 0.1) is 5.92 Å². The van der Waals surface area contributed by atoms with Crippen molar-refractivity contribution in [3.8, 4) is 0 Å². The fraction of sp³-hybridized carbons (Fsp3) is 0.500. The third kappa shape index (κ3) is 4.58. The van der Waals surface area contributed by atoms with Crippen LogP contribution in [0.1, 0.15) is 37.7 Å². The van der Waals surface area contributed by atoms with E-state index in [9.17, 15) is 0 Å². The maximum atomic E-state index is 5.50. The number of likely N-dealkylation sites (N-methyl/N-ethyl adjacent to an activating group) is 1. The van der Waals surface area contributed by atoms with Crippen LogP contribution in [0.15, 0.2) is 39.8 Å². The first-order chi connectivity index (χ1) is 10.1. The highest BCUT2D eigenvalue weighted by molar-refractivity contribution is 7.99. The summed E-state index contributed by atoms with van der Waals surface area (Å²) in [5.74, 6) is 1.91. The summed E-state index contributed by atoms with van der Waals surface area (Å²) < 4.78 is 5.50. The van der Waals surface area contributed by atoms with Crippen molar-refractivity contribution in [3.63, 3.8) is 0 Å². The minimum Gasteiger partial charge on any atom is -0.338 e. The van der Waals surface area contributed by atoms with Crippen LogP contribution in [-0.2, 0) is 6.42 Å². The lowest BCUT2D eigenvalue weighted by Gasteiger charge is -2.16. The standard InChI is InChI=1S/C16H23N3OS/c1-11(2)15(21-13-8-6-5-7-9-13)16-18-14(19-20-16)10-12(3)17-4/h5-9,11-12,15,17H,10H2,1-4H3. The van der Waals surface area contributed by atoms with Gasteiger partial charge in [0, 0.05) is 17.4 Å². The molecule has 114 valence electrons. The molecule has 1 aromatic heterocycles. The van der Waals surface area contributed by atoms with Crippen LogP contribution in [0.25, 0.3) is 0 Å². The average molecular weight is 305 g/mol. The van der Waals surface area contributed by atoms with E-state index in [1.165, 1.54) is 4.90 Å². The first-order valence-corrected chi connectivity index (χ1v) is 8.19. The van der Waals surface area contributed by atoms with E-state index in [0.717, 1.165) is 18.1 Å². The molecular formula is C16H23N3OS. The van der Waals surface area contributed by atoms with Gasteiger partial charge in [0.2, 0.25) is 5.89 Å². The molecule has 2 aromatic rings. The molecule has 0 amide bonds. The topological polar surface area (TPSA) is 51.0 Å². The largest absolute Gasteiger partial charge is 0.338 e. The van der Waals surface area contributed by atoms with Gasteiger partial charge in [0.1, 0.15) is 0 Å². The Balaban J connectivity index is 2.11. The Kier molecular flexibility index (Phi) is 5.82. The van der Waals surface area contributed by atoms with E-state index >= 15 is 0 Å². The zero-order valence-electron chi connectivity index (χ0n) is 13.0. The predicted octanol–water partition coefficient (Wildman–Crippen LogP) is 3.71. The van der Waals surface area contributed by atoms with E-state index in [1.807, 2.05) is 25.2 Å². The van der Waals surface area contributed by atoms with Gasteiger partial charge in [-0.1, -0.05) is 37.2 Å². The maximum Gasteiger partial charge on any atom is 0.240 e. The summed E-state index contributed by atoms with van der Waals surface area (Å²) in [7, 11) is 1.94. The minimum absolute atomic E-state index is 0.179. The molecule has 2 unspecified atom stereocenters. The summed E-state index contributed by atoms with van der Waals surface area (Å²) in [4.78, 5) is 5.80. The van der Waals surface area contributed by atoms with Gasteiger partial charge in [-0.05, 0) is 32.0 Å². The zero-order valence-corrected chi connectivity index (χ0v) is 13.9. The van der Waals surface area contributed by atoms with E-state index in [0.29, 0.717) is 12.0 Å². The van der Waals surface area contributed by atoms with Crippen molar-refractivity contribution in [1.82, 2.24) is 15.5 Å². The van der Waals surface area contributed by atoms with Gasteiger partial charge < -0.3 is 9.84 Å². The molecule has 1 N–H and O–H groups in total. The molecule has 0 fully saturated rings. The van der Waals surface area contributed by atoms with Crippen LogP contribution in [-0.4, -0.2) is 23.2 Å². The van der Waals surface area contributed by atoms with E-state index < -0.39 is 0 Å². The Morgan fingerprint density at radius 2 is 1.90 bits per heavy atom. The lowest BCUT2D eigenvalue weighted by Crippen LogP contribution is -2.24. The first kappa shape index (κ1) is 16.0. The molecule has 1 heterocycles. The molecule has 0 saturated carbocycles. The quantitative estimate of drug-likeness (QED) is 0.790. The summed E-state index contributed by atoms with van der Waals surface area (Å²) in [6.45, 7) is 6.47. The fourth-order valence-corrected chi connectivity index (χ4v) is 3.04. The van der Waals surface area contributed by atoms with Gasteiger partial charge in [0.25, 0.3) is 0 Å². The lowest BCUT2D eigenvalue weighted by molar-refractivity contribution is 0.354. The molecule has 0 radical (unpaired) electrons. The molecule has 0 spiro atoms. The SMILES string of the molecule is CNC(C)Cc1noc(C(Sc2ccccc2)C(C)C)n1. The van der Waals surface area contributed by atoms with Crippen molar-refractivity contribution in [3.05, 3.63) is 42.0 Å². The first-order valence-electron chi connectivity index (χ1n) is 7.31. The van der Waals surface area contributed by atoms with Crippen molar-refractivity contribution in [2.45, 2.75) is 43.4 Å². The van der Waals surface area contributed by atoms with E-state index in [-0.39, 0.29) is 5.25 Å². The molecule has 21 heavy (non-hydrogen) atoms. The molecule has 0 aliphatic rings. The van der Waals surface area contributed by atoms with Crippen molar-refractivity contribution >= 4 is 11.8 Å². The summed E-state index contributed by atoms with van der Waals surface area (Å²) >= 11 is 1.78. The third-order valence-corrected chi connectivity index (χ3v) is 4.86. The van der Waals surface area contributed by atoms with E-state index in [2.05, 4.69) is 48.4 Å². The molecule has 5 heteroatoms. The monoisotopic (exact) mass is 305 g/mol. The highest BCUT2D eigenvalue weighted by Crippen LogP contribution is 2.39. The second-order valence-corrected chi connectivity index (χ2v) is 6.75. The lowest BCUT2D eigenvalue weighted by atomic mass is 10.1. The molecule has 0 aliphatic heterocycles. The molecule has 1 aromatic carbocycles. The van der Waals surface area contributed by atoms with E-state index in [1.54, 1.807) is 11.8 Å². The maximum absolute atomic E-state index is 5.50. The van der Waals surface area contributed by atoms with Crippen molar-refractivity contribution < 1.29 is 4.52 Å². The number of nitrogens with one attached hydrogen (secondary N) is 1.